The molecule has 0 spiro atoms. The molecular weight excluding hydrogens is 388 g/mol. The molecule has 3 rings (SSSR count). The molecule has 0 aliphatic heterocycles. The van der Waals surface area contributed by atoms with E-state index in [4.69, 9.17) is 11.2 Å². The summed E-state index contributed by atoms with van der Waals surface area (Å²) in [5.74, 6) is 1.37. The van der Waals surface area contributed by atoms with Gasteiger partial charge in [-0.3, -0.25) is 4.79 Å². The van der Waals surface area contributed by atoms with Gasteiger partial charge in [-0.1, -0.05) is 18.1 Å². The number of hydrogen-bond donors (Lipinski definition) is 1. The second-order valence-electron chi connectivity index (χ2n) is 6.70. The monoisotopic (exact) mass is 409 g/mol. The van der Waals surface area contributed by atoms with Crippen molar-refractivity contribution in [3.63, 3.8) is 0 Å². The van der Waals surface area contributed by atoms with Gasteiger partial charge in [0.15, 0.2) is 5.82 Å². The van der Waals surface area contributed by atoms with Crippen molar-refractivity contribution in [2.45, 2.75) is 20.3 Å². The highest BCUT2D eigenvalue weighted by molar-refractivity contribution is 5.96. The van der Waals surface area contributed by atoms with Gasteiger partial charge in [-0.15, -0.1) is 6.42 Å². The van der Waals surface area contributed by atoms with Crippen molar-refractivity contribution in [3.05, 3.63) is 76.6 Å². The number of nitrogens with one attached hydrogen (secondary N) is 1. The van der Waals surface area contributed by atoms with E-state index in [-0.39, 0.29) is 18.2 Å². The third-order valence-corrected chi connectivity index (χ3v) is 4.60. The van der Waals surface area contributed by atoms with Gasteiger partial charge >= 0.3 is 0 Å². The predicted octanol–water partition coefficient (Wildman–Crippen LogP) is 3.75. The average molecular weight is 409 g/mol. The van der Waals surface area contributed by atoms with Crippen LogP contribution in [-0.2, 0) is 6.42 Å². The van der Waals surface area contributed by atoms with Crippen molar-refractivity contribution in [1.82, 2.24) is 15.1 Å². The number of amides is 1. The van der Waals surface area contributed by atoms with E-state index in [1.165, 1.54) is 10.7 Å². The molecule has 7 heteroatoms. The summed E-state index contributed by atoms with van der Waals surface area (Å²) in [5.41, 5.74) is 2.43. The van der Waals surface area contributed by atoms with Crippen LogP contribution >= 0.6 is 0 Å². The Hall–Kier alpha value is -3.66. The van der Waals surface area contributed by atoms with Gasteiger partial charge < -0.3 is 10.1 Å². The number of halogens is 2. The molecule has 3 aromatic rings. The lowest BCUT2D eigenvalue weighted by molar-refractivity contribution is 0.0953. The Bertz CT molecular complexity index is 1100. The molecule has 0 saturated heterocycles. The van der Waals surface area contributed by atoms with Gasteiger partial charge in [-0.2, -0.15) is 5.10 Å². The summed E-state index contributed by atoms with van der Waals surface area (Å²) in [6.07, 6.45) is 5.79. The van der Waals surface area contributed by atoms with E-state index < -0.39 is 11.6 Å². The Morgan fingerprint density at radius 2 is 1.93 bits per heavy atom. The first-order valence-electron chi connectivity index (χ1n) is 9.35. The van der Waals surface area contributed by atoms with Gasteiger partial charge in [0.1, 0.15) is 23.9 Å². The Morgan fingerprint density at radius 3 is 2.60 bits per heavy atom. The average Bonchev–Trinajstić information content (AvgIpc) is 3.01. The largest absolute Gasteiger partial charge is 0.481 e. The number of carbonyl (C=O) groups is 1. The lowest BCUT2D eigenvalue weighted by atomic mass is 10.1. The molecule has 0 unspecified atom stereocenters. The number of ether oxygens (including phenoxy) is 1. The van der Waals surface area contributed by atoms with Gasteiger partial charge in [0, 0.05) is 12.6 Å². The normalized spacial score (nSPS) is 10.5. The number of rotatable bonds is 7. The number of aryl methyl sites for hydroxylation is 1. The summed E-state index contributed by atoms with van der Waals surface area (Å²) in [7, 11) is 0. The molecule has 0 radical (unpaired) electrons. The minimum Gasteiger partial charge on any atom is -0.481 e. The molecule has 1 N–H and O–H groups in total. The van der Waals surface area contributed by atoms with E-state index in [0.29, 0.717) is 35.7 Å². The Kier molecular flexibility index (Phi) is 6.48. The lowest BCUT2D eigenvalue weighted by Crippen LogP contribution is -2.26. The lowest BCUT2D eigenvalue weighted by Gasteiger charge is -2.08. The summed E-state index contributed by atoms with van der Waals surface area (Å²) in [4.78, 5) is 12.7. The van der Waals surface area contributed by atoms with Crippen molar-refractivity contribution in [3.8, 4) is 23.8 Å². The van der Waals surface area contributed by atoms with Crippen LogP contribution in [0.3, 0.4) is 0 Å². The summed E-state index contributed by atoms with van der Waals surface area (Å²) < 4.78 is 34.0. The third-order valence-electron chi connectivity index (χ3n) is 4.60. The number of terminal acetylenes is 1. The minimum atomic E-state index is -0.748. The maximum absolute atomic E-state index is 14.1. The van der Waals surface area contributed by atoms with Gasteiger partial charge in [0.05, 0.1) is 17.0 Å². The molecule has 1 amide bonds. The number of benzene rings is 2. The quantitative estimate of drug-likeness (QED) is 0.605. The summed E-state index contributed by atoms with van der Waals surface area (Å²) in [6, 6.07) is 10.7. The molecule has 30 heavy (non-hydrogen) atoms. The molecule has 0 aliphatic carbocycles. The molecule has 2 aromatic carbocycles. The minimum absolute atomic E-state index is 0.0863. The maximum Gasteiger partial charge on any atom is 0.255 e. The van der Waals surface area contributed by atoms with Gasteiger partial charge in [0.25, 0.3) is 5.91 Å². The van der Waals surface area contributed by atoms with E-state index in [0.717, 1.165) is 17.7 Å². The Labute approximate surface area is 173 Å². The summed E-state index contributed by atoms with van der Waals surface area (Å²) in [6.45, 7) is 3.98. The van der Waals surface area contributed by atoms with E-state index in [1.54, 1.807) is 13.8 Å². The molecule has 0 bridgehead atoms. The van der Waals surface area contributed by atoms with Crippen LogP contribution in [0.5, 0.6) is 5.75 Å². The first-order valence-corrected chi connectivity index (χ1v) is 9.35. The van der Waals surface area contributed by atoms with Crippen LogP contribution < -0.4 is 10.1 Å². The van der Waals surface area contributed by atoms with Crippen molar-refractivity contribution in [1.29, 1.82) is 0 Å². The van der Waals surface area contributed by atoms with Crippen LogP contribution in [0.15, 0.2) is 42.5 Å². The van der Waals surface area contributed by atoms with Crippen molar-refractivity contribution in [2.75, 3.05) is 13.2 Å². The highest BCUT2D eigenvalue weighted by Crippen LogP contribution is 2.21. The standard InChI is InChI=1S/C23H21F2N3O2/c1-4-13-30-19-8-5-17(6-9-19)11-12-26-23(29)22-15(2)27-28(16(22)3)21-10-7-18(24)14-20(21)25/h1,5-10,14H,11-13H2,2-3H3,(H,26,29). The third kappa shape index (κ3) is 4.66. The van der Waals surface area contributed by atoms with E-state index >= 15 is 0 Å². The number of hydrogen-bond acceptors (Lipinski definition) is 3. The van der Waals surface area contributed by atoms with Crippen LogP contribution in [-0.4, -0.2) is 28.8 Å². The summed E-state index contributed by atoms with van der Waals surface area (Å²) in [5, 5.41) is 7.12. The van der Waals surface area contributed by atoms with Crippen molar-refractivity contribution in [2.24, 2.45) is 0 Å². The molecule has 5 nitrogen and oxygen atoms in total. The fraction of sp³-hybridized carbons (Fsp3) is 0.217. The Balaban J connectivity index is 1.66. The molecule has 0 fully saturated rings. The number of nitrogens with zero attached hydrogens (tertiary/aromatic N) is 2. The van der Waals surface area contributed by atoms with Crippen LogP contribution in [0, 0.1) is 37.8 Å². The highest BCUT2D eigenvalue weighted by Gasteiger charge is 2.20. The van der Waals surface area contributed by atoms with Gasteiger partial charge in [-0.25, -0.2) is 13.5 Å². The number of aromatic nitrogens is 2. The molecule has 0 aliphatic rings. The molecule has 154 valence electrons. The predicted molar refractivity (Wildman–Crippen MR) is 110 cm³/mol. The van der Waals surface area contributed by atoms with Crippen LogP contribution in [0.1, 0.15) is 27.3 Å². The first kappa shape index (κ1) is 21.1. The molecular formula is C23H21F2N3O2. The fourth-order valence-electron chi connectivity index (χ4n) is 3.14. The van der Waals surface area contributed by atoms with Gasteiger partial charge in [-0.05, 0) is 50.1 Å². The SMILES string of the molecule is C#CCOc1ccc(CCNC(=O)c2c(C)nn(-c3ccc(F)cc3F)c2C)cc1. The molecule has 1 aromatic heterocycles. The zero-order valence-corrected chi connectivity index (χ0v) is 16.7. The first-order chi connectivity index (χ1) is 14.4. The Morgan fingerprint density at radius 1 is 1.20 bits per heavy atom. The molecule has 1 heterocycles. The number of carbonyl (C=O) groups excluding carboxylic acids is 1. The second-order valence-corrected chi connectivity index (χ2v) is 6.70. The zero-order chi connectivity index (χ0) is 21.7. The zero-order valence-electron chi connectivity index (χ0n) is 16.7. The van der Waals surface area contributed by atoms with Crippen LogP contribution in [0.25, 0.3) is 5.69 Å². The van der Waals surface area contributed by atoms with Crippen molar-refractivity contribution >= 4 is 5.91 Å². The molecule has 0 atom stereocenters. The van der Waals surface area contributed by atoms with E-state index in [9.17, 15) is 13.6 Å². The van der Waals surface area contributed by atoms with Gasteiger partial charge in [0.2, 0.25) is 0 Å². The fourth-order valence-corrected chi connectivity index (χ4v) is 3.14. The van der Waals surface area contributed by atoms with Crippen molar-refractivity contribution < 1.29 is 18.3 Å². The topological polar surface area (TPSA) is 56.1 Å². The van der Waals surface area contributed by atoms with E-state index in [1.807, 2.05) is 24.3 Å². The second kappa shape index (κ2) is 9.23. The van der Waals surface area contributed by atoms with E-state index in [2.05, 4.69) is 16.3 Å². The maximum atomic E-state index is 14.1. The highest BCUT2D eigenvalue weighted by atomic mass is 19.1. The van der Waals surface area contributed by atoms with Crippen LogP contribution in [0.4, 0.5) is 8.78 Å². The molecule has 0 saturated carbocycles. The van der Waals surface area contributed by atoms with Crippen LogP contribution in [0.2, 0.25) is 0 Å². The smallest absolute Gasteiger partial charge is 0.255 e. The summed E-state index contributed by atoms with van der Waals surface area (Å²) >= 11 is 0.